The number of benzene rings is 5. The molecule has 134 valence electrons. The molecule has 4 nitrogen and oxygen atoms in total. The Morgan fingerprint density at radius 1 is 0.536 bits per heavy atom. The molecule has 0 atom stereocenters. The van der Waals surface area contributed by atoms with E-state index in [9.17, 15) is 19.8 Å². The Hall–Kier alpha value is -3.92. The fourth-order valence-corrected chi connectivity index (χ4v) is 4.03. The third-order valence-corrected chi connectivity index (χ3v) is 5.33. The van der Waals surface area contributed by atoms with E-state index >= 15 is 0 Å². The average molecular weight is 366 g/mol. The van der Waals surface area contributed by atoms with Gasteiger partial charge in [-0.05, 0) is 61.3 Å². The van der Waals surface area contributed by atoms with Crippen molar-refractivity contribution in [1.29, 1.82) is 0 Å². The quantitative estimate of drug-likeness (QED) is 0.393. The van der Waals surface area contributed by atoms with Crippen molar-refractivity contribution in [2.45, 2.75) is 0 Å². The Labute approximate surface area is 159 Å². The van der Waals surface area contributed by atoms with Crippen LogP contribution >= 0.6 is 0 Å². The Kier molecular flexibility index (Phi) is 3.36. The van der Waals surface area contributed by atoms with Gasteiger partial charge in [0.15, 0.2) is 0 Å². The van der Waals surface area contributed by atoms with Crippen molar-refractivity contribution in [2.24, 2.45) is 0 Å². The zero-order valence-corrected chi connectivity index (χ0v) is 14.6. The highest BCUT2D eigenvalue weighted by atomic mass is 16.4. The molecule has 0 saturated carbocycles. The molecule has 4 heteroatoms. The van der Waals surface area contributed by atoms with Crippen molar-refractivity contribution >= 4 is 55.0 Å². The van der Waals surface area contributed by atoms with Gasteiger partial charge >= 0.3 is 11.9 Å². The minimum atomic E-state index is -0.973. The van der Waals surface area contributed by atoms with Crippen LogP contribution in [0, 0.1) is 0 Å². The van der Waals surface area contributed by atoms with E-state index in [4.69, 9.17) is 0 Å². The Morgan fingerprint density at radius 3 is 1.79 bits per heavy atom. The molecule has 0 amide bonds. The lowest BCUT2D eigenvalue weighted by atomic mass is 9.91. The molecule has 0 aliphatic carbocycles. The predicted octanol–water partition coefficient (Wildman–Crippen LogP) is 5.70. The normalized spacial score (nSPS) is 11.4. The number of carboxylic acids is 2. The molecule has 0 heterocycles. The standard InChI is InChI=1S/C24H14O4/c25-23(26)14-6-5-13-7-8-18-17(20(13)11-14)9-10-19-15-3-1-2-4-16(15)22(24(27)28)12-21(18)19/h1-12H,(H,25,26)(H,27,28). The summed E-state index contributed by atoms with van der Waals surface area (Å²) in [7, 11) is 0. The largest absolute Gasteiger partial charge is 0.478 e. The van der Waals surface area contributed by atoms with Crippen LogP contribution in [0.5, 0.6) is 0 Å². The molecule has 5 aromatic carbocycles. The third kappa shape index (κ3) is 2.25. The number of fused-ring (bicyclic) bond motifs is 7. The second kappa shape index (κ2) is 5.79. The SMILES string of the molecule is O=C(O)c1ccc2ccc3c(ccc4c5ccccc5c(C(=O)O)cc43)c2c1. The van der Waals surface area contributed by atoms with E-state index in [-0.39, 0.29) is 11.1 Å². The topological polar surface area (TPSA) is 74.6 Å². The van der Waals surface area contributed by atoms with Gasteiger partial charge in [0.05, 0.1) is 11.1 Å². The second-order valence-corrected chi connectivity index (χ2v) is 6.84. The van der Waals surface area contributed by atoms with Gasteiger partial charge in [0.2, 0.25) is 0 Å². The van der Waals surface area contributed by atoms with Crippen molar-refractivity contribution in [1.82, 2.24) is 0 Å². The molecule has 0 spiro atoms. The average Bonchev–Trinajstić information content (AvgIpc) is 2.71. The summed E-state index contributed by atoms with van der Waals surface area (Å²) in [6.45, 7) is 0. The van der Waals surface area contributed by atoms with Crippen molar-refractivity contribution < 1.29 is 19.8 Å². The zero-order chi connectivity index (χ0) is 19.4. The van der Waals surface area contributed by atoms with Gasteiger partial charge in [-0.3, -0.25) is 0 Å². The van der Waals surface area contributed by atoms with Crippen molar-refractivity contribution in [2.75, 3.05) is 0 Å². The fourth-order valence-electron chi connectivity index (χ4n) is 4.03. The van der Waals surface area contributed by atoms with Crippen LogP contribution in [-0.2, 0) is 0 Å². The molecule has 0 aromatic heterocycles. The third-order valence-electron chi connectivity index (χ3n) is 5.33. The minimum Gasteiger partial charge on any atom is -0.478 e. The van der Waals surface area contributed by atoms with E-state index in [1.54, 1.807) is 24.3 Å². The van der Waals surface area contributed by atoms with Crippen LogP contribution in [0.1, 0.15) is 20.7 Å². The van der Waals surface area contributed by atoms with Gasteiger partial charge in [0, 0.05) is 0 Å². The maximum atomic E-state index is 11.9. The first-order valence-electron chi connectivity index (χ1n) is 8.82. The summed E-state index contributed by atoms with van der Waals surface area (Å²) in [6, 6.07) is 22.1. The molecule has 0 fully saturated rings. The van der Waals surface area contributed by atoms with Gasteiger partial charge in [-0.1, -0.05) is 54.6 Å². The van der Waals surface area contributed by atoms with E-state index < -0.39 is 11.9 Å². The van der Waals surface area contributed by atoms with Crippen LogP contribution in [-0.4, -0.2) is 22.2 Å². The van der Waals surface area contributed by atoms with Gasteiger partial charge in [0.1, 0.15) is 0 Å². The lowest BCUT2D eigenvalue weighted by Gasteiger charge is -2.12. The maximum Gasteiger partial charge on any atom is 0.336 e. The number of hydrogen-bond acceptors (Lipinski definition) is 2. The van der Waals surface area contributed by atoms with Gasteiger partial charge in [0.25, 0.3) is 0 Å². The number of hydrogen-bond donors (Lipinski definition) is 2. The molecule has 0 bridgehead atoms. The first kappa shape index (κ1) is 16.3. The first-order valence-corrected chi connectivity index (χ1v) is 8.82. The molecule has 2 N–H and O–H groups in total. The molecule has 28 heavy (non-hydrogen) atoms. The van der Waals surface area contributed by atoms with Crippen molar-refractivity contribution in [3.63, 3.8) is 0 Å². The van der Waals surface area contributed by atoms with Gasteiger partial charge in [-0.25, -0.2) is 9.59 Å². The molecule has 0 radical (unpaired) electrons. The van der Waals surface area contributed by atoms with E-state index in [0.717, 1.165) is 37.7 Å². The van der Waals surface area contributed by atoms with E-state index in [1.807, 2.05) is 48.5 Å². The van der Waals surface area contributed by atoms with Crippen LogP contribution in [0.2, 0.25) is 0 Å². The van der Waals surface area contributed by atoms with Crippen LogP contribution in [0.4, 0.5) is 0 Å². The summed E-state index contributed by atoms with van der Waals surface area (Å²) in [5.41, 5.74) is 0.486. The molecule has 0 saturated heterocycles. The van der Waals surface area contributed by atoms with E-state index in [2.05, 4.69) is 0 Å². The highest BCUT2D eigenvalue weighted by Crippen LogP contribution is 2.36. The van der Waals surface area contributed by atoms with Crippen LogP contribution in [0.3, 0.4) is 0 Å². The highest BCUT2D eigenvalue weighted by molar-refractivity contribution is 6.25. The smallest absolute Gasteiger partial charge is 0.336 e. The van der Waals surface area contributed by atoms with Crippen molar-refractivity contribution in [3.8, 4) is 0 Å². The first-order chi connectivity index (χ1) is 13.5. The second-order valence-electron chi connectivity index (χ2n) is 6.84. The number of rotatable bonds is 2. The molecular weight excluding hydrogens is 352 g/mol. The number of aromatic carboxylic acids is 2. The lowest BCUT2D eigenvalue weighted by Crippen LogP contribution is -1.98. The molecule has 0 aliphatic heterocycles. The summed E-state index contributed by atoms with van der Waals surface area (Å²) in [6.07, 6.45) is 0. The number of carbonyl (C=O) groups is 2. The Balaban J connectivity index is 1.99. The van der Waals surface area contributed by atoms with Crippen molar-refractivity contribution in [3.05, 3.63) is 83.9 Å². The fraction of sp³-hybridized carbons (Fsp3) is 0. The van der Waals surface area contributed by atoms with Crippen LogP contribution in [0.25, 0.3) is 43.1 Å². The summed E-state index contributed by atoms with van der Waals surface area (Å²) in [5, 5.41) is 26.1. The monoisotopic (exact) mass is 366 g/mol. The Morgan fingerprint density at radius 2 is 1.11 bits per heavy atom. The molecule has 0 aliphatic rings. The maximum absolute atomic E-state index is 11.9. The molecule has 5 aromatic rings. The summed E-state index contributed by atoms with van der Waals surface area (Å²) < 4.78 is 0. The van der Waals surface area contributed by atoms with Gasteiger partial charge in [-0.2, -0.15) is 0 Å². The molecule has 0 unspecified atom stereocenters. The van der Waals surface area contributed by atoms with Crippen LogP contribution < -0.4 is 0 Å². The highest BCUT2D eigenvalue weighted by Gasteiger charge is 2.14. The zero-order valence-electron chi connectivity index (χ0n) is 14.6. The van der Waals surface area contributed by atoms with E-state index in [0.29, 0.717) is 5.39 Å². The summed E-state index contributed by atoms with van der Waals surface area (Å²) in [4.78, 5) is 23.3. The molecular formula is C24H14O4. The lowest BCUT2D eigenvalue weighted by molar-refractivity contribution is 0.0687. The minimum absolute atomic E-state index is 0.227. The van der Waals surface area contributed by atoms with Gasteiger partial charge < -0.3 is 10.2 Å². The summed E-state index contributed by atoms with van der Waals surface area (Å²) >= 11 is 0. The van der Waals surface area contributed by atoms with E-state index in [1.165, 1.54) is 0 Å². The van der Waals surface area contributed by atoms with Crippen LogP contribution in [0.15, 0.2) is 72.8 Å². The number of carboxylic acid groups (broad SMARTS) is 2. The Bertz CT molecular complexity index is 1460. The predicted molar refractivity (Wildman–Crippen MR) is 110 cm³/mol. The summed E-state index contributed by atoms with van der Waals surface area (Å²) in [5.74, 6) is -1.94. The van der Waals surface area contributed by atoms with Gasteiger partial charge in [-0.15, -0.1) is 0 Å². The molecule has 5 rings (SSSR count).